The average Bonchev–Trinajstić information content (AvgIpc) is 2.68. The number of carbonyl (C=O) groups is 1. The van der Waals surface area contributed by atoms with E-state index in [2.05, 4.69) is 30.4 Å². The Morgan fingerprint density at radius 2 is 2.33 bits per heavy atom. The van der Waals surface area contributed by atoms with Crippen LogP contribution in [0.1, 0.15) is 40.0 Å². The van der Waals surface area contributed by atoms with Gasteiger partial charge in [-0.1, -0.05) is 0 Å². The number of hydrazine groups is 1. The van der Waals surface area contributed by atoms with Crippen molar-refractivity contribution in [2.24, 2.45) is 0 Å². The van der Waals surface area contributed by atoms with Crippen LogP contribution < -0.4 is 5.43 Å². The number of unbranched alkanes of at least 4 members (excludes halogenated alkanes) is 1. The summed E-state index contributed by atoms with van der Waals surface area (Å²) < 4.78 is 2.38. The molecule has 4 heteroatoms. The van der Waals surface area contributed by atoms with Crippen molar-refractivity contribution in [2.45, 2.75) is 40.0 Å². The van der Waals surface area contributed by atoms with Crippen molar-refractivity contribution in [1.82, 2.24) is 10.4 Å². The summed E-state index contributed by atoms with van der Waals surface area (Å²) in [6, 6.07) is 0. The second kappa shape index (κ2) is 6.48. The number of halogens is 1. The zero-order chi connectivity index (χ0) is 11.3. The van der Waals surface area contributed by atoms with E-state index in [1.807, 2.05) is 0 Å². The van der Waals surface area contributed by atoms with Crippen molar-refractivity contribution in [1.29, 1.82) is 0 Å². The van der Waals surface area contributed by atoms with Crippen LogP contribution in [0.2, 0.25) is 0 Å². The summed E-state index contributed by atoms with van der Waals surface area (Å²) in [6.07, 6.45) is 5.75. The summed E-state index contributed by atoms with van der Waals surface area (Å²) in [7, 11) is 0. The van der Waals surface area contributed by atoms with Gasteiger partial charge in [-0.25, -0.2) is 0 Å². The molecule has 0 aromatic rings. The molecule has 1 fully saturated rings. The van der Waals surface area contributed by atoms with Gasteiger partial charge < -0.3 is 0 Å². The number of nitrogens with zero attached hydrogens (tertiary/aromatic N) is 1. The van der Waals surface area contributed by atoms with Crippen LogP contribution in [0, 0.1) is 0 Å². The molecule has 0 bridgehead atoms. The number of rotatable bonds is 5. The normalized spacial score (nSPS) is 19.8. The van der Waals surface area contributed by atoms with E-state index in [1.165, 1.54) is 18.5 Å². The molecule has 0 radical (unpaired) electrons. The minimum absolute atomic E-state index is 0.445. The van der Waals surface area contributed by atoms with Crippen LogP contribution in [-0.2, 0) is 4.79 Å². The van der Waals surface area contributed by atoms with Crippen LogP contribution in [0.15, 0.2) is 11.8 Å². The Balaban J connectivity index is 2.47. The summed E-state index contributed by atoms with van der Waals surface area (Å²) in [5.41, 5.74) is 4.72. The van der Waals surface area contributed by atoms with Gasteiger partial charge >= 0.3 is 99.7 Å². The monoisotopic (exact) mass is 324 g/mol. The first-order valence-corrected chi connectivity index (χ1v) is 9.60. The number of hydrogen-bond acceptors (Lipinski definition) is 3. The fourth-order valence-electron chi connectivity index (χ4n) is 1.52. The van der Waals surface area contributed by atoms with E-state index in [4.69, 9.17) is 0 Å². The Morgan fingerprint density at radius 1 is 1.60 bits per heavy atom. The quantitative estimate of drug-likeness (QED) is 0.365. The van der Waals surface area contributed by atoms with Crippen molar-refractivity contribution in [2.75, 3.05) is 9.10 Å². The van der Waals surface area contributed by atoms with E-state index in [0.29, 0.717) is 3.79 Å². The molecule has 0 aromatic heterocycles. The van der Waals surface area contributed by atoms with E-state index in [0.717, 1.165) is 15.5 Å². The van der Waals surface area contributed by atoms with Gasteiger partial charge in [0.1, 0.15) is 0 Å². The fraction of sp³-hybridized carbons (Fsp3) is 0.727. The van der Waals surface area contributed by atoms with Gasteiger partial charge in [0.05, 0.1) is 0 Å². The van der Waals surface area contributed by atoms with Gasteiger partial charge in [-0.05, 0) is 0 Å². The Morgan fingerprint density at radius 3 is 2.80 bits per heavy atom. The molecule has 0 atom stereocenters. The molecule has 1 saturated heterocycles. The van der Waals surface area contributed by atoms with E-state index < -0.39 is 19.8 Å². The third-order valence-corrected chi connectivity index (χ3v) is 7.43. The number of hydrogen-bond donors (Lipinski definition) is 1. The zero-order valence-electron chi connectivity index (χ0n) is 9.85. The Labute approximate surface area is 99.6 Å². The van der Waals surface area contributed by atoms with Crippen LogP contribution in [0.25, 0.3) is 0 Å². The van der Waals surface area contributed by atoms with Gasteiger partial charge in [-0.15, -0.1) is 0 Å². The average molecular weight is 324 g/mol. The first kappa shape index (κ1) is 13.0. The Kier molecular flexibility index (Phi) is 5.60. The third kappa shape index (κ3) is 3.75. The standard InChI is InChI=1S/C11H21IN2O/c1-4-6-7-11(5-2)14-9-12(8-13-14)10(3)15/h5,13H,4,6-9H2,1-3H3/b11-5+. The van der Waals surface area contributed by atoms with E-state index >= 15 is 0 Å². The summed E-state index contributed by atoms with van der Waals surface area (Å²) in [5.74, 6) is 0. The number of allylic oxidation sites excluding steroid dienone is 2. The maximum atomic E-state index is 11.3. The van der Waals surface area contributed by atoms with Gasteiger partial charge in [0.25, 0.3) is 0 Å². The van der Waals surface area contributed by atoms with Crippen LogP contribution in [-0.4, -0.2) is 17.9 Å². The van der Waals surface area contributed by atoms with Crippen LogP contribution in [0.5, 0.6) is 0 Å². The molecular weight excluding hydrogens is 303 g/mol. The minimum atomic E-state index is -1.35. The molecule has 1 rings (SSSR count). The predicted octanol–water partition coefficient (Wildman–Crippen LogP) is 2.87. The Hall–Kier alpha value is -0.100. The van der Waals surface area contributed by atoms with Gasteiger partial charge in [0, 0.05) is 0 Å². The van der Waals surface area contributed by atoms with Crippen molar-refractivity contribution in [3.8, 4) is 0 Å². The molecule has 0 amide bonds. The molecule has 1 heterocycles. The summed E-state index contributed by atoms with van der Waals surface area (Å²) in [5, 5.41) is 2.21. The van der Waals surface area contributed by atoms with E-state index in [-0.39, 0.29) is 0 Å². The molecule has 0 aromatic carbocycles. The summed E-state index contributed by atoms with van der Waals surface area (Å²) in [4.78, 5) is 11.3. The maximum absolute atomic E-state index is 11.3. The van der Waals surface area contributed by atoms with E-state index in [1.54, 1.807) is 6.92 Å². The molecule has 0 aliphatic carbocycles. The van der Waals surface area contributed by atoms with Crippen molar-refractivity contribution >= 4 is 23.6 Å². The number of alkyl halides is 2. The number of nitrogens with one attached hydrogen (secondary N) is 1. The summed E-state index contributed by atoms with van der Waals surface area (Å²) in [6.45, 7) is 6.04. The molecule has 88 valence electrons. The predicted molar refractivity (Wildman–Crippen MR) is 72.7 cm³/mol. The van der Waals surface area contributed by atoms with E-state index in [9.17, 15) is 4.79 Å². The SMILES string of the molecule is C/C=C(\CCCC)N1CI(C(C)=O)CN1. The zero-order valence-corrected chi connectivity index (χ0v) is 12.0. The van der Waals surface area contributed by atoms with Gasteiger partial charge in [-0.2, -0.15) is 0 Å². The Bertz CT molecular complexity index is 253. The molecule has 1 aliphatic rings. The molecule has 1 aliphatic heterocycles. The first-order chi connectivity index (χ1) is 7.19. The molecule has 3 nitrogen and oxygen atoms in total. The topological polar surface area (TPSA) is 32.3 Å². The summed E-state index contributed by atoms with van der Waals surface area (Å²) >= 11 is -1.35. The molecule has 0 spiro atoms. The van der Waals surface area contributed by atoms with Crippen LogP contribution >= 0.6 is 19.8 Å². The second-order valence-corrected chi connectivity index (χ2v) is 9.22. The third-order valence-electron chi connectivity index (χ3n) is 2.52. The van der Waals surface area contributed by atoms with Crippen molar-refractivity contribution < 1.29 is 4.79 Å². The van der Waals surface area contributed by atoms with Gasteiger partial charge in [0.2, 0.25) is 0 Å². The molecule has 1 N–H and O–H groups in total. The molecule has 15 heavy (non-hydrogen) atoms. The van der Waals surface area contributed by atoms with Gasteiger partial charge in [0.15, 0.2) is 0 Å². The van der Waals surface area contributed by atoms with Crippen molar-refractivity contribution in [3.63, 3.8) is 0 Å². The molecular formula is C11H21IN2O. The molecule has 0 unspecified atom stereocenters. The van der Waals surface area contributed by atoms with Gasteiger partial charge in [-0.3, -0.25) is 0 Å². The fourth-order valence-corrected chi connectivity index (χ4v) is 5.11. The van der Waals surface area contributed by atoms with Crippen LogP contribution in [0.3, 0.4) is 0 Å². The second-order valence-electron chi connectivity index (χ2n) is 3.65. The first-order valence-electron chi connectivity index (χ1n) is 5.47. The number of carbonyl (C=O) groups excluding carboxylic acids is 1. The van der Waals surface area contributed by atoms with Crippen LogP contribution in [0.4, 0.5) is 0 Å². The van der Waals surface area contributed by atoms with Crippen molar-refractivity contribution in [3.05, 3.63) is 11.8 Å². The molecule has 0 saturated carbocycles.